The second-order valence-electron chi connectivity index (χ2n) is 4.78. The summed E-state index contributed by atoms with van der Waals surface area (Å²) in [6, 6.07) is 10.2. The summed E-state index contributed by atoms with van der Waals surface area (Å²) in [4.78, 5) is 41.0. The van der Waals surface area contributed by atoms with Gasteiger partial charge in [0.1, 0.15) is 6.29 Å². The molecule has 0 spiro atoms. The van der Waals surface area contributed by atoms with E-state index in [1.165, 1.54) is 4.90 Å². The molecule has 0 unspecified atom stereocenters. The van der Waals surface area contributed by atoms with E-state index in [-0.39, 0.29) is 24.7 Å². The van der Waals surface area contributed by atoms with Gasteiger partial charge >= 0.3 is 0 Å². The minimum Gasteiger partial charge on any atom is -0.319 e. The van der Waals surface area contributed by atoms with Crippen molar-refractivity contribution >= 4 is 35.3 Å². The van der Waals surface area contributed by atoms with Crippen LogP contribution in [0.2, 0.25) is 0 Å². The van der Waals surface area contributed by atoms with Crippen LogP contribution in [-0.2, 0) is 9.59 Å². The van der Waals surface area contributed by atoms with Gasteiger partial charge in [0.15, 0.2) is 5.82 Å². The predicted molar refractivity (Wildman–Crippen MR) is 81.1 cm³/mol. The Balaban J connectivity index is 2.17. The molecule has 1 N–H and O–H groups in total. The Morgan fingerprint density at radius 1 is 1.23 bits per heavy atom. The van der Waals surface area contributed by atoms with Crippen molar-refractivity contribution in [3.63, 3.8) is 0 Å². The largest absolute Gasteiger partial charge is 0.319 e. The number of nitrogens with one attached hydrogen (secondary N) is 1. The maximum atomic E-state index is 12.5. The van der Waals surface area contributed by atoms with E-state index in [4.69, 9.17) is 0 Å². The van der Waals surface area contributed by atoms with Crippen molar-refractivity contribution in [1.29, 1.82) is 0 Å². The number of anilines is 3. The van der Waals surface area contributed by atoms with E-state index >= 15 is 0 Å². The Labute approximate surface area is 126 Å². The van der Waals surface area contributed by atoms with Gasteiger partial charge in [-0.3, -0.25) is 14.5 Å². The standard InChI is InChI=1S/C16H13N3O3/c20-10-4-8-14(21)19-13-7-2-1-5-11(13)16(22)18-12-6-3-9-17-15(12)19/h1-3,5-7,9-10H,4,8H2,(H,18,22). The zero-order valence-electron chi connectivity index (χ0n) is 11.7. The molecule has 2 amide bonds. The third-order valence-corrected chi connectivity index (χ3v) is 3.36. The minimum absolute atomic E-state index is 0.0576. The Bertz CT molecular complexity index is 758. The van der Waals surface area contributed by atoms with Gasteiger partial charge in [0.25, 0.3) is 5.91 Å². The van der Waals surface area contributed by atoms with Gasteiger partial charge in [0.05, 0.1) is 16.9 Å². The quantitative estimate of drug-likeness (QED) is 0.881. The third-order valence-electron chi connectivity index (χ3n) is 3.36. The molecule has 0 saturated heterocycles. The fourth-order valence-corrected chi connectivity index (χ4v) is 2.38. The van der Waals surface area contributed by atoms with Crippen LogP contribution in [-0.4, -0.2) is 23.1 Å². The highest BCUT2D eigenvalue weighted by Crippen LogP contribution is 2.36. The zero-order valence-corrected chi connectivity index (χ0v) is 11.7. The maximum Gasteiger partial charge on any atom is 0.257 e. The number of aldehydes is 1. The van der Waals surface area contributed by atoms with Crippen molar-refractivity contribution in [3.05, 3.63) is 48.2 Å². The van der Waals surface area contributed by atoms with E-state index in [1.807, 2.05) is 0 Å². The van der Waals surface area contributed by atoms with Crippen LogP contribution in [0.5, 0.6) is 0 Å². The maximum absolute atomic E-state index is 12.5. The summed E-state index contributed by atoms with van der Waals surface area (Å²) < 4.78 is 0. The van der Waals surface area contributed by atoms with Crippen molar-refractivity contribution in [2.24, 2.45) is 0 Å². The van der Waals surface area contributed by atoms with Crippen LogP contribution in [0.1, 0.15) is 23.2 Å². The summed E-state index contributed by atoms with van der Waals surface area (Å²) in [6.45, 7) is 0. The molecule has 0 fully saturated rings. The number of carbonyl (C=O) groups is 3. The highest BCUT2D eigenvalue weighted by atomic mass is 16.2. The second kappa shape index (κ2) is 5.77. The molecule has 1 aromatic heterocycles. The molecule has 1 aromatic carbocycles. The molecule has 2 aromatic rings. The highest BCUT2D eigenvalue weighted by molar-refractivity contribution is 6.17. The smallest absolute Gasteiger partial charge is 0.257 e. The van der Waals surface area contributed by atoms with Crippen molar-refractivity contribution in [2.45, 2.75) is 12.8 Å². The lowest BCUT2D eigenvalue weighted by Crippen LogP contribution is -2.27. The summed E-state index contributed by atoms with van der Waals surface area (Å²) in [5, 5.41) is 2.75. The summed E-state index contributed by atoms with van der Waals surface area (Å²) in [7, 11) is 0. The van der Waals surface area contributed by atoms with Crippen molar-refractivity contribution in [1.82, 2.24) is 4.98 Å². The fourth-order valence-electron chi connectivity index (χ4n) is 2.38. The van der Waals surface area contributed by atoms with Gasteiger partial charge in [-0.25, -0.2) is 4.98 Å². The molecule has 0 radical (unpaired) electrons. The Kier molecular flexibility index (Phi) is 3.65. The first-order chi connectivity index (χ1) is 10.7. The average Bonchev–Trinajstić information content (AvgIpc) is 2.67. The SMILES string of the molecule is O=CCCC(=O)N1c2ccccc2C(=O)Nc2cccnc21. The molecule has 1 aliphatic heterocycles. The Morgan fingerprint density at radius 3 is 2.86 bits per heavy atom. The summed E-state index contributed by atoms with van der Waals surface area (Å²) in [6.07, 6.45) is 2.44. The molecule has 0 atom stereocenters. The Hall–Kier alpha value is -3.02. The van der Waals surface area contributed by atoms with E-state index < -0.39 is 0 Å². The topological polar surface area (TPSA) is 79.4 Å². The van der Waals surface area contributed by atoms with Crippen LogP contribution < -0.4 is 10.2 Å². The predicted octanol–water partition coefficient (Wildman–Crippen LogP) is 2.29. The van der Waals surface area contributed by atoms with Crippen molar-refractivity contribution < 1.29 is 14.4 Å². The summed E-state index contributed by atoms with van der Waals surface area (Å²) in [5.41, 5.74) is 1.32. The average molecular weight is 295 g/mol. The van der Waals surface area contributed by atoms with E-state index in [0.29, 0.717) is 29.0 Å². The number of rotatable bonds is 3. The zero-order chi connectivity index (χ0) is 15.5. The van der Waals surface area contributed by atoms with Gasteiger partial charge < -0.3 is 10.1 Å². The molecule has 6 nitrogen and oxygen atoms in total. The molecule has 110 valence electrons. The van der Waals surface area contributed by atoms with Crippen LogP contribution >= 0.6 is 0 Å². The number of nitrogens with zero attached hydrogens (tertiary/aromatic N) is 2. The molecule has 2 heterocycles. The summed E-state index contributed by atoms with van der Waals surface area (Å²) in [5.74, 6) is -0.219. The number of hydrogen-bond acceptors (Lipinski definition) is 4. The first-order valence-corrected chi connectivity index (χ1v) is 6.84. The third kappa shape index (κ3) is 2.35. The summed E-state index contributed by atoms with van der Waals surface area (Å²) >= 11 is 0. The first-order valence-electron chi connectivity index (χ1n) is 6.84. The normalized spacial score (nSPS) is 12.7. The van der Waals surface area contributed by atoms with E-state index in [0.717, 1.165) is 0 Å². The van der Waals surface area contributed by atoms with Gasteiger partial charge in [0.2, 0.25) is 5.91 Å². The van der Waals surface area contributed by atoms with Gasteiger partial charge in [0, 0.05) is 19.0 Å². The molecular weight excluding hydrogens is 282 g/mol. The number of pyridine rings is 1. The minimum atomic E-state index is -0.296. The van der Waals surface area contributed by atoms with Crippen LogP contribution in [0.3, 0.4) is 0 Å². The van der Waals surface area contributed by atoms with Crippen LogP contribution in [0.15, 0.2) is 42.6 Å². The van der Waals surface area contributed by atoms with Crippen LogP contribution in [0.25, 0.3) is 0 Å². The monoisotopic (exact) mass is 295 g/mol. The number of benzene rings is 1. The molecule has 0 aliphatic carbocycles. The van der Waals surface area contributed by atoms with Crippen molar-refractivity contribution in [2.75, 3.05) is 10.2 Å². The number of aromatic nitrogens is 1. The van der Waals surface area contributed by atoms with Crippen LogP contribution in [0.4, 0.5) is 17.2 Å². The van der Waals surface area contributed by atoms with E-state index in [9.17, 15) is 14.4 Å². The van der Waals surface area contributed by atoms with Gasteiger partial charge in [-0.1, -0.05) is 12.1 Å². The van der Waals surface area contributed by atoms with Gasteiger partial charge in [-0.05, 0) is 24.3 Å². The molecule has 3 rings (SSSR count). The lowest BCUT2D eigenvalue weighted by molar-refractivity contribution is -0.119. The first kappa shape index (κ1) is 13.9. The number of carbonyl (C=O) groups excluding carboxylic acids is 3. The van der Waals surface area contributed by atoms with E-state index in [1.54, 1.807) is 42.6 Å². The van der Waals surface area contributed by atoms with Crippen molar-refractivity contribution in [3.8, 4) is 0 Å². The molecular formula is C16H13N3O3. The Morgan fingerprint density at radius 2 is 2.05 bits per heavy atom. The van der Waals surface area contributed by atoms with Crippen LogP contribution in [0, 0.1) is 0 Å². The molecule has 0 bridgehead atoms. The molecule has 0 saturated carbocycles. The van der Waals surface area contributed by atoms with Gasteiger partial charge in [-0.15, -0.1) is 0 Å². The lowest BCUT2D eigenvalue weighted by atomic mass is 10.1. The molecule has 6 heteroatoms. The number of amides is 2. The van der Waals surface area contributed by atoms with Gasteiger partial charge in [-0.2, -0.15) is 0 Å². The number of hydrogen-bond donors (Lipinski definition) is 1. The lowest BCUT2D eigenvalue weighted by Gasteiger charge is -2.22. The number of fused-ring (bicyclic) bond motifs is 2. The molecule has 1 aliphatic rings. The highest BCUT2D eigenvalue weighted by Gasteiger charge is 2.29. The molecule has 22 heavy (non-hydrogen) atoms. The fraction of sp³-hybridized carbons (Fsp3) is 0.125. The second-order valence-corrected chi connectivity index (χ2v) is 4.78. The number of para-hydroxylation sites is 1. The van der Waals surface area contributed by atoms with E-state index in [2.05, 4.69) is 10.3 Å².